The van der Waals surface area contributed by atoms with Crippen LogP contribution < -0.4 is 15.4 Å². The number of ether oxygens (including phenoxy) is 2. The van der Waals surface area contributed by atoms with Gasteiger partial charge in [-0.05, 0) is 36.2 Å². The number of guanidine groups is 1. The van der Waals surface area contributed by atoms with Crippen LogP contribution in [0, 0.1) is 5.82 Å². The molecule has 1 aromatic carbocycles. The fourth-order valence-corrected chi connectivity index (χ4v) is 2.58. The van der Waals surface area contributed by atoms with E-state index in [4.69, 9.17) is 13.9 Å². The molecular weight excluding hydrogens is 387 g/mol. The van der Waals surface area contributed by atoms with E-state index in [0.717, 1.165) is 24.3 Å². The van der Waals surface area contributed by atoms with Crippen molar-refractivity contribution in [1.82, 2.24) is 15.6 Å². The molecule has 0 atom stereocenters. The minimum Gasteiger partial charge on any atom is -0.467 e. The maximum atomic E-state index is 13.2. The van der Waals surface area contributed by atoms with Gasteiger partial charge in [0, 0.05) is 45.1 Å². The molecule has 8 heteroatoms. The first-order valence-electron chi connectivity index (χ1n) is 9.66. The summed E-state index contributed by atoms with van der Waals surface area (Å²) in [5, 5.41) is 6.47. The lowest BCUT2D eigenvalue weighted by molar-refractivity contribution is 0.105. The van der Waals surface area contributed by atoms with Crippen molar-refractivity contribution in [2.24, 2.45) is 4.99 Å². The maximum Gasteiger partial charge on any atom is 0.219 e. The number of furan rings is 1. The zero-order chi connectivity index (χ0) is 21.0. The second kappa shape index (κ2) is 11.6. The Hall–Kier alpha value is -3.39. The van der Waals surface area contributed by atoms with Gasteiger partial charge in [-0.3, -0.25) is 4.99 Å². The van der Waals surface area contributed by atoms with Crippen molar-refractivity contribution >= 4 is 5.96 Å². The normalized spacial score (nSPS) is 11.3. The van der Waals surface area contributed by atoms with Crippen molar-refractivity contribution in [2.75, 3.05) is 20.2 Å². The standard InChI is InChI=1S/C22H25FN4O3/c1-24-22(25-10-4-11-28-16-20-7-3-12-29-20)27-15-17-8-9-21(26-14-17)30-19-6-2-5-18(23)13-19/h2-3,5-9,12-14H,4,10-11,15-16H2,1H3,(H2,24,25,27). The number of aromatic nitrogens is 1. The molecule has 0 aliphatic carbocycles. The molecule has 30 heavy (non-hydrogen) atoms. The smallest absolute Gasteiger partial charge is 0.219 e. The van der Waals surface area contributed by atoms with Gasteiger partial charge in [-0.15, -0.1) is 0 Å². The Kier molecular flexibility index (Phi) is 8.23. The van der Waals surface area contributed by atoms with Crippen LogP contribution in [-0.2, 0) is 17.9 Å². The minimum atomic E-state index is -0.351. The predicted octanol–water partition coefficient (Wildman–Crippen LogP) is 3.88. The van der Waals surface area contributed by atoms with Crippen LogP contribution in [0.25, 0.3) is 0 Å². The Morgan fingerprint density at radius 1 is 1.17 bits per heavy atom. The van der Waals surface area contributed by atoms with Crippen LogP contribution in [0.2, 0.25) is 0 Å². The molecule has 0 aliphatic heterocycles. The predicted molar refractivity (Wildman–Crippen MR) is 112 cm³/mol. The van der Waals surface area contributed by atoms with Crippen LogP contribution in [0.15, 0.2) is 70.4 Å². The van der Waals surface area contributed by atoms with Gasteiger partial charge in [0.25, 0.3) is 0 Å². The Balaban J connectivity index is 1.34. The molecular formula is C22H25FN4O3. The average Bonchev–Trinajstić information content (AvgIpc) is 3.27. The van der Waals surface area contributed by atoms with Crippen molar-refractivity contribution in [1.29, 1.82) is 0 Å². The van der Waals surface area contributed by atoms with Gasteiger partial charge in [0.2, 0.25) is 5.88 Å². The fourth-order valence-electron chi connectivity index (χ4n) is 2.58. The maximum absolute atomic E-state index is 13.2. The minimum absolute atomic E-state index is 0.351. The molecule has 0 aliphatic rings. The van der Waals surface area contributed by atoms with E-state index in [1.807, 2.05) is 18.2 Å². The van der Waals surface area contributed by atoms with Gasteiger partial charge in [-0.1, -0.05) is 12.1 Å². The van der Waals surface area contributed by atoms with Crippen molar-refractivity contribution in [3.8, 4) is 11.6 Å². The van der Waals surface area contributed by atoms with E-state index in [-0.39, 0.29) is 5.82 Å². The van der Waals surface area contributed by atoms with Crippen molar-refractivity contribution in [3.63, 3.8) is 0 Å². The highest BCUT2D eigenvalue weighted by molar-refractivity contribution is 5.79. The van der Waals surface area contributed by atoms with Crippen molar-refractivity contribution < 1.29 is 18.3 Å². The third-order valence-electron chi connectivity index (χ3n) is 4.08. The van der Waals surface area contributed by atoms with Gasteiger partial charge in [0.1, 0.15) is 23.9 Å². The largest absolute Gasteiger partial charge is 0.467 e. The molecule has 3 rings (SSSR count). The van der Waals surface area contributed by atoms with Crippen LogP contribution in [0.5, 0.6) is 11.6 Å². The van der Waals surface area contributed by atoms with E-state index in [0.29, 0.717) is 37.3 Å². The van der Waals surface area contributed by atoms with Crippen LogP contribution in [-0.4, -0.2) is 31.1 Å². The van der Waals surface area contributed by atoms with Crippen LogP contribution in [0.4, 0.5) is 4.39 Å². The van der Waals surface area contributed by atoms with Gasteiger partial charge < -0.3 is 24.5 Å². The highest BCUT2D eigenvalue weighted by Gasteiger charge is 2.03. The zero-order valence-corrected chi connectivity index (χ0v) is 16.8. The highest BCUT2D eigenvalue weighted by Crippen LogP contribution is 2.19. The zero-order valence-electron chi connectivity index (χ0n) is 16.8. The summed E-state index contributed by atoms with van der Waals surface area (Å²) in [5.74, 6) is 1.98. The summed E-state index contributed by atoms with van der Waals surface area (Å²) in [5.41, 5.74) is 0.964. The van der Waals surface area contributed by atoms with Gasteiger partial charge in [0.05, 0.1) is 6.26 Å². The first-order chi connectivity index (χ1) is 14.7. The fraction of sp³-hybridized carbons (Fsp3) is 0.273. The molecule has 0 saturated heterocycles. The molecule has 2 N–H and O–H groups in total. The number of aliphatic imine (C=N–C) groups is 1. The molecule has 7 nitrogen and oxygen atoms in total. The number of halogens is 1. The van der Waals surface area contributed by atoms with Crippen molar-refractivity contribution in [2.45, 2.75) is 19.6 Å². The number of pyridine rings is 1. The summed E-state index contributed by atoms with van der Waals surface area (Å²) in [6, 6.07) is 13.3. The quantitative estimate of drug-likeness (QED) is 0.299. The first kappa shape index (κ1) is 21.3. The van der Waals surface area contributed by atoms with Crippen LogP contribution in [0.1, 0.15) is 17.7 Å². The molecule has 0 fully saturated rings. The molecule has 0 unspecified atom stereocenters. The number of rotatable bonds is 10. The lowest BCUT2D eigenvalue weighted by Crippen LogP contribution is -2.37. The Morgan fingerprint density at radius 2 is 2.10 bits per heavy atom. The monoisotopic (exact) mass is 412 g/mol. The van der Waals surface area contributed by atoms with E-state index in [2.05, 4.69) is 20.6 Å². The van der Waals surface area contributed by atoms with Gasteiger partial charge in [-0.25, -0.2) is 9.37 Å². The van der Waals surface area contributed by atoms with E-state index in [9.17, 15) is 4.39 Å². The lowest BCUT2D eigenvalue weighted by Gasteiger charge is -2.12. The molecule has 0 bridgehead atoms. The SMILES string of the molecule is CN=C(NCCCOCc1ccco1)NCc1ccc(Oc2cccc(F)c2)nc1. The van der Waals surface area contributed by atoms with Crippen molar-refractivity contribution in [3.05, 3.63) is 78.1 Å². The van der Waals surface area contributed by atoms with E-state index >= 15 is 0 Å². The summed E-state index contributed by atoms with van der Waals surface area (Å²) in [4.78, 5) is 8.46. The summed E-state index contributed by atoms with van der Waals surface area (Å²) in [7, 11) is 1.72. The third-order valence-corrected chi connectivity index (χ3v) is 4.08. The molecule has 0 saturated carbocycles. The summed E-state index contributed by atoms with van der Waals surface area (Å²) < 4.78 is 29.5. The molecule has 2 aromatic heterocycles. The lowest BCUT2D eigenvalue weighted by atomic mass is 10.3. The number of hydrogen-bond acceptors (Lipinski definition) is 5. The molecule has 3 aromatic rings. The second-order valence-corrected chi connectivity index (χ2v) is 6.40. The topological polar surface area (TPSA) is 80.9 Å². The van der Waals surface area contributed by atoms with Gasteiger partial charge in [-0.2, -0.15) is 0 Å². The molecule has 158 valence electrons. The van der Waals surface area contributed by atoms with Gasteiger partial charge >= 0.3 is 0 Å². The van der Waals surface area contributed by atoms with Crippen LogP contribution in [0.3, 0.4) is 0 Å². The molecule has 0 radical (unpaired) electrons. The summed E-state index contributed by atoms with van der Waals surface area (Å²) >= 11 is 0. The highest BCUT2D eigenvalue weighted by atomic mass is 19.1. The number of nitrogens with zero attached hydrogens (tertiary/aromatic N) is 2. The van der Waals surface area contributed by atoms with Gasteiger partial charge in [0.15, 0.2) is 5.96 Å². The van der Waals surface area contributed by atoms with E-state index in [1.54, 1.807) is 37.7 Å². The Labute approximate surface area is 175 Å². The molecule has 0 spiro atoms. The van der Waals surface area contributed by atoms with Crippen LogP contribution >= 0.6 is 0 Å². The molecule has 2 heterocycles. The number of benzene rings is 1. The first-order valence-corrected chi connectivity index (χ1v) is 9.66. The Bertz CT molecular complexity index is 914. The average molecular weight is 412 g/mol. The van der Waals surface area contributed by atoms with E-state index < -0.39 is 0 Å². The third kappa shape index (κ3) is 7.21. The molecule has 0 amide bonds. The number of nitrogens with one attached hydrogen (secondary N) is 2. The summed E-state index contributed by atoms with van der Waals surface area (Å²) in [6.45, 7) is 2.39. The number of hydrogen-bond donors (Lipinski definition) is 2. The Morgan fingerprint density at radius 3 is 2.83 bits per heavy atom. The second-order valence-electron chi connectivity index (χ2n) is 6.40. The summed E-state index contributed by atoms with van der Waals surface area (Å²) in [6.07, 6.45) is 4.18. The van der Waals surface area contributed by atoms with E-state index in [1.165, 1.54) is 12.1 Å².